The molecule has 2 fully saturated rings. The molecule has 2 heterocycles. The van der Waals surface area contributed by atoms with Crippen LogP contribution in [0.25, 0.3) is 0 Å². The number of likely N-dealkylation sites (N-methyl/N-ethyl adjacent to an activating group) is 1. The van der Waals surface area contributed by atoms with E-state index in [9.17, 15) is 14.7 Å². The van der Waals surface area contributed by atoms with Crippen molar-refractivity contribution in [3.63, 3.8) is 0 Å². The predicted molar refractivity (Wildman–Crippen MR) is 128 cm³/mol. The Morgan fingerprint density at radius 1 is 1.12 bits per heavy atom. The summed E-state index contributed by atoms with van der Waals surface area (Å²) in [5.74, 6) is 0.114. The van der Waals surface area contributed by atoms with Gasteiger partial charge in [-0.15, -0.1) is 0 Å². The molecule has 0 saturated carbocycles. The van der Waals surface area contributed by atoms with E-state index in [0.29, 0.717) is 31.8 Å². The van der Waals surface area contributed by atoms with Crippen LogP contribution < -0.4 is 15.1 Å². The van der Waals surface area contributed by atoms with Gasteiger partial charge >= 0.3 is 5.97 Å². The van der Waals surface area contributed by atoms with Crippen molar-refractivity contribution in [1.29, 1.82) is 0 Å². The van der Waals surface area contributed by atoms with E-state index < -0.39 is 6.23 Å². The van der Waals surface area contributed by atoms with Gasteiger partial charge in [0.15, 0.2) is 0 Å². The van der Waals surface area contributed by atoms with Crippen molar-refractivity contribution in [2.45, 2.75) is 51.0 Å². The Morgan fingerprint density at radius 3 is 2.61 bits per heavy atom. The highest BCUT2D eigenvalue weighted by Gasteiger charge is 2.30. The summed E-state index contributed by atoms with van der Waals surface area (Å²) >= 11 is 0. The Morgan fingerprint density at radius 2 is 1.88 bits per heavy atom. The van der Waals surface area contributed by atoms with Crippen molar-refractivity contribution in [3.8, 4) is 0 Å². The summed E-state index contributed by atoms with van der Waals surface area (Å²) < 4.78 is 5.45. The van der Waals surface area contributed by atoms with Gasteiger partial charge in [-0.2, -0.15) is 0 Å². The van der Waals surface area contributed by atoms with E-state index in [4.69, 9.17) is 4.74 Å². The second-order valence-corrected chi connectivity index (χ2v) is 9.03. The summed E-state index contributed by atoms with van der Waals surface area (Å²) in [7, 11) is 1.96. The second-order valence-electron chi connectivity index (χ2n) is 9.03. The number of carbonyl (C=O) groups is 2. The molecular weight excluding hydrogens is 418 g/mol. The van der Waals surface area contributed by atoms with E-state index in [0.717, 1.165) is 42.9 Å². The van der Waals surface area contributed by atoms with Gasteiger partial charge < -0.3 is 25.0 Å². The zero-order chi connectivity index (χ0) is 23.2. The summed E-state index contributed by atoms with van der Waals surface area (Å²) in [6.45, 7) is 2.12. The Balaban J connectivity index is 1.27. The molecule has 0 aliphatic carbocycles. The van der Waals surface area contributed by atoms with Gasteiger partial charge in [-0.25, -0.2) is 0 Å². The fourth-order valence-electron chi connectivity index (χ4n) is 4.70. The van der Waals surface area contributed by atoms with Gasteiger partial charge in [0, 0.05) is 44.4 Å². The molecule has 1 amide bonds. The third-order valence-electron chi connectivity index (χ3n) is 6.75. The molecule has 2 aliphatic rings. The van der Waals surface area contributed by atoms with Gasteiger partial charge in [0.1, 0.15) is 12.8 Å². The Labute approximate surface area is 195 Å². The number of carbonyl (C=O) groups excluding carboxylic acids is 2. The van der Waals surface area contributed by atoms with Crippen molar-refractivity contribution in [1.82, 2.24) is 5.32 Å². The normalized spacial score (nSPS) is 21.4. The highest BCUT2D eigenvalue weighted by molar-refractivity contribution is 5.77. The van der Waals surface area contributed by atoms with Crippen LogP contribution in [0.5, 0.6) is 0 Å². The molecule has 2 unspecified atom stereocenters. The largest absolute Gasteiger partial charge is 0.461 e. The number of aliphatic hydroxyl groups excluding tert-OH is 1. The Bertz CT molecular complexity index is 944. The van der Waals surface area contributed by atoms with Crippen molar-refractivity contribution in [2.24, 2.45) is 5.92 Å². The number of ether oxygens (including phenoxy) is 1. The number of aliphatic hydroxyl groups is 1. The number of esters is 1. The van der Waals surface area contributed by atoms with Crippen molar-refractivity contribution in [2.75, 3.05) is 29.9 Å². The molecule has 2 atom stereocenters. The third kappa shape index (κ3) is 6.05. The van der Waals surface area contributed by atoms with Crippen LogP contribution in [0, 0.1) is 5.92 Å². The van der Waals surface area contributed by atoms with Crippen LogP contribution in [0.2, 0.25) is 0 Å². The second kappa shape index (κ2) is 10.7. The van der Waals surface area contributed by atoms with Crippen LogP contribution in [0.1, 0.15) is 37.7 Å². The van der Waals surface area contributed by atoms with Gasteiger partial charge in [0.05, 0.1) is 6.04 Å². The molecule has 7 heteroatoms. The van der Waals surface area contributed by atoms with E-state index in [-0.39, 0.29) is 17.9 Å². The molecule has 2 N–H and O–H groups in total. The molecule has 7 nitrogen and oxygen atoms in total. The number of rotatable bonds is 7. The number of hydrogen-bond donors (Lipinski definition) is 2. The molecule has 176 valence electrons. The van der Waals surface area contributed by atoms with Crippen molar-refractivity contribution < 1.29 is 19.4 Å². The standard InChI is InChI=1S/C26H33N3O4/c1-28(23-10-11-24(30)27-26(23)32)21-8-5-9-22(17-21)29-14-12-19(13-15-29)16-25(31)33-18-20-6-3-2-4-7-20/h2-9,17,19,23,26,32H,10-16,18H2,1H3,(H,27,30). The summed E-state index contributed by atoms with van der Waals surface area (Å²) in [5.41, 5.74) is 3.16. The fourth-order valence-corrected chi connectivity index (χ4v) is 4.70. The number of benzene rings is 2. The van der Waals surface area contributed by atoms with Gasteiger partial charge in [0.25, 0.3) is 0 Å². The summed E-state index contributed by atoms with van der Waals surface area (Å²) in [5, 5.41) is 12.9. The number of nitrogens with one attached hydrogen (secondary N) is 1. The molecule has 0 aromatic heterocycles. The van der Waals surface area contributed by atoms with Gasteiger partial charge in [-0.3, -0.25) is 9.59 Å². The van der Waals surface area contributed by atoms with Gasteiger partial charge in [-0.1, -0.05) is 36.4 Å². The molecule has 0 spiro atoms. The number of hydrogen-bond acceptors (Lipinski definition) is 6. The van der Waals surface area contributed by atoms with E-state index in [1.165, 1.54) is 0 Å². The first-order chi connectivity index (χ1) is 16.0. The van der Waals surface area contributed by atoms with E-state index in [1.54, 1.807) is 0 Å². The monoisotopic (exact) mass is 451 g/mol. The lowest BCUT2D eigenvalue weighted by Crippen LogP contribution is -2.54. The first-order valence-corrected chi connectivity index (χ1v) is 11.7. The van der Waals surface area contributed by atoms with E-state index >= 15 is 0 Å². The van der Waals surface area contributed by atoms with Crippen LogP contribution >= 0.6 is 0 Å². The predicted octanol–water partition coefficient (Wildman–Crippen LogP) is 3.07. The third-order valence-corrected chi connectivity index (χ3v) is 6.75. The Hall–Kier alpha value is -3.06. The summed E-state index contributed by atoms with van der Waals surface area (Å²) in [4.78, 5) is 28.2. The van der Waals surface area contributed by atoms with Crippen LogP contribution in [0.15, 0.2) is 54.6 Å². The molecule has 33 heavy (non-hydrogen) atoms. The first kappa shape index (κ1) is 23.1. The minimum atomic E-state index is -0.864. The highest BCUT2D eigenvalue weighted by atomic mass is 16.5. The smallest absolute Gasteiger partial charge is 0.306 e. The average molecular weight is 452 g/mol. The maximum Gasteiger partial charge on any atom is 0.306 e. The zero-order valence-electron chi connectivity index (χ0n) is 19.2. The highest BCUT2D eigenvalue weighted by Crippen LogP contribution is 2.30. The Kier molecular flexibility index (Phi) is 7.50. The molecule has 4 rings (SSSR count). The van der Waals surface area contributed by atoms with Gasteiger partial charge in [-0.05, 0) is 48.9 Å². The molecule has 2 saturated heterocycles. The maximum absolute atomic E-state index is 12.3. The number of amides is 1. The van der Waals surface area contributed by atoms with Crippen LogP contribution in [-0.4, -0.2) is 49.4 Å². The number of nitrogens with zero attached hydrogens (tertiary/aromatic N) is 2. The fraction of sp³-hybridized carbons (Fsp3) is 0.462. The lowest BCUT2D eigenvalue weighted by Gasteiger charge is -2.38. The number of anilines is 2. The lowest BCUT2D eigenvalue weighted by molar-refractivity contribution is -0.146. The van der Waals surface area contributed by atoms with E-state index in [1.807, 2.05) is 54.4 Å². The quantitative estimate of drug-likeness (QED) is 0.630. The molecule has 0 radical (unpaired) electrons. The average Bonchev–Trinajstić information content (AvgIpc) is 2.84. The first-order valence-electron chi connectivity index (χ1n) is 11.7. The lowest BCUT2D eigenvalue weighted by atomic mass is 9.93. The van der Waals surface area contributed by atoms with Crippen molar-refractivity contribution in [3.05, 3.63) is 60.2 Å². The molecule has 0 bridgehead atoms. The van der Waals surface area contributed by atoms with Crippen LogP contribution in [0.4, 0.5) is 11.4 Å². The van der Waals surface area contributed by atoms with Crippen LogP contribution in [-0.2, 0) is 20.9 Å². The molecule has 2 aliphatic heterocycles. The molecule has 2 aromatic carbocycles. The van der Waals surface area contributed by atoms with Crippen LogP contribution in [0.3, 0.4) is 0 Å². The summed E-state index contributed by atoms with van der Waals surface area (Å²) in [6.07, 6.45) is 2.56. The topological polar surface area (TPSA) is 82.1 Å². The molecule has 2 aromatic rings. The summed E-state index contributed by atoms with van der Waals surface area (Å²) in [6, 6.07) is 17.9. The molecular formula is C26H33N3O4. The zero-order valence-corrected chi connectivity index (χ0v) is 19.2. The van der Waals surface area contributed by atoms with E-state index in [2.05, 4.69) is 22.3 Å². The number of piperidine rings is 2. The van der Waals surface area contributed by atoms with Crippen molar-refractivity contribution >= 4 is 23.3 Å². The van der Waals surface area contributed by atoms with Gasteiger partial charge in [0.2, 0.25) is 5.91 Å². The maximum atomic E-state index is 12.3. The SMILES string of the molecule is CN(c1cccc(N2CCC(CC(=O)OCc3ccccc3)CC2)c1)C1CCC(=O)NC1O. The minimum absolute atomic E-state index is 0.104. The minimum Gasteiger partial charge on any atom is -0.461 e.